The number of aliphatic hydroxyl groups excluding tert-OH is 1. The zero-order valence-corrected chi connectivity index (χ0v) is 15.1. The van der Waals surface area contributed by atoms with Gasteiger partial charge in [0.15, 0.2) is 5.78 Å². The van der Waals surface area contributed by atoms with Gasteiger partial charge in [0.05, 0.1) is 5.41 Å². The lowest BCUT2D eigenvalue weighted by Crippen LogP contribution is -2.38. The second-order valence-corrected chi connectivity index (χ2v) is 7.63. The van der Waals surface area contributed by atoms with E-state index in [2.05, 4.69) is 0 Å². The van der Waals surface area contributed by atoms with E-state index >= 15 is 0 Å². The Bertz CT molecular complexity index is 910. The van der Waals surface area contributed by atoms with Crippen molar-refractivity contribution >= 4 is 11.7 Å². The summed E-state index contributed by atoms with van der Waals surface area (Å²) in [7, 11) is 0. The maximum absolute atomic E-state index is 13.4. The number of Topliss-reactive ketones (excluding diaryl/α,β-unsaturated/α-hetero) is 1. The molecule has 1 aliphatic heterocycles. The van der Waals surface area contributed by atoms with Crippen molar-refractivity contribution in [3.63, 3.8) is 0 Å². The Morgan fingerprint density at radius 1 is 1.15 bits per heavy atom. The SMILES string of the molecule is O=C(CO)c1ccc2c(c1)C[C@@]1(CC2)CCN(Cc2cccc(F)c2)C1=O. The van der Waals surface area contributed by atoms with Gasteiger partial charge in [-0.2, -0.15) is 0 Å². The van der Waals surface area contributed by atoms with Crippen molar-refractivity contribution < 1.29 is 19.1 Å². The van der Waals surface area contributed by atoms with E-state index in [0.717, 1.165) is 30.4 Å². The normalized spacial score (nSPS) is 21.6. The van der Waals surface area contributed by atoms with Gasteiger partial charge in [0.25, 0.3) is 0 Å². The summed E-state index contributed by atoms with van der Waals surface area (Å²) in [6.07, 6.45) is 3.00. The Morgan fingerprint density at radius 3 is 2.78 bits per heavy atom. The largest absolute Gasteiger partial charge is 0.388 e. The third-order valence-electron chi connectivity index (χ3n) is 5.94. The number of aliphatic hydroxyl groups is 1. The molecule has 0 radical (unpaired) electrons. The summed E-state index contributed by atoms with van der Waals surface area (Å²) in [5, 5.41) is 9.10. The number of likely N-dealkylation sites (tertiary alicyclic amines) is 1. The van der Waals surface area contributed by atoms with E-state index in [1.165, 1.54) is 17.7 Å². The minimum atomic E-state index is -0.510. The smallest absolute Gasteiger partial charge is 0.229 e. The van der Waals surface area contributed by atoms with Gasteiger partial charge in [-0.3, -0.25) is 9.59 Å². The summed E-state index contributed by atoms with van der Waals surface area (Å²) in [6, 6.07) is 11.9. The fourth-order valence-corrected chi connectivity index (χ4v) is 4.42. The van der Waals surface area contributed by atoms with E-state index in [-0.39, 0.29) is 17.5 Å². The second-order valence-electron chi connectivity index (χ2n) is 7.63. The second kappa shape index (κ2) is 6.89. The van der Waals surface area contributed by atoms with E-state index in [4.69, 9.17) is 5.11 Å². The fraction of sp³-hybridized carbons (Fsp3) is 0.364. The van der Waals surface area contributed by atoms with Gasteiger partial charge in [-0.05, 0) is 60.6 Å². The first kappa shape index (κ1) is 17.9. The van der Waals surface area contributed by atoms with Gasteiger partial charge < -0.3 is 10.0 Å². The van der Waals surface area contributed by atoms with E-state index in [1.54, 1.807) is 12.1 Å². The summed E-state index contributed by atoms with van der Waals surface area (Å²) in [5.41, 5.74) is 3.07. The first-order valence-electron chi connectivity index (χ1n) is 9.30. The molecule has 1 aliphatic carbocycles. The van der Waals surface area contributed by atoms with Crippen molar-refractivity contribution in [2.24, 2.45) is 5.41 Å². The molecule has 4 nitrogen and oxygen atoms in total. The molecule has 0 unspecified atom stereocenters. The van der Waals surface area contributed by atoms with Gasteiger partial charge in [-0.1, -0.05) is 24.3 Å². The summed E-state index contributed by atoms with van der Waals surface area (Å²) in [6.45, 7) is 0.582. The molecule has 1 N–H and O–H groups in total. The molecule has 0 bridgehead atoms. The van der Waals surface area contributed by atoms with E-state index in [1.807, 2.05) is 23.1 Å². The first-order valence-corrected chi connectivity index (χ1v) is 9.30. The first-order chi connectivity index (χ1) is 13.0. The summed E-state index contributed by atoms with van der Waals surface area (Å²) < 4.78 is 13.4. The minimum Gasteiger partial charge on any atom is -0.388 e. The molecule has 5 heteroatoms. The molecule has 2 aliphatic rings. The van der Waals surface area contributed by atoms with E-state index in [9.17, 15) is 14.0 Å². The van der Waals surface area contributed by atoms with Crippen LogP contribution in [0, 0.1) is 11.2 Å². The number of carbonyl (C=O) groups excluding carboxylic acids is 2. The average Bonchev–Trinajstić information content (AvgIpc) is 2.96. The van der Waals surface area contributed by atoms with Crippen molar-refractivity contribution in [2.75, 3.05) is 13.2 Å². The molecule has 140 valence electrons. The van der Waals surface area contributed by atoms with Crippen molar-refractivity contribution in [3.05, 3.63) is 70.5 Å². The van der Waals surface area contributed by atoms with Crippen molar-refractivity contribution in [2.45, 2.75) is 32.2 Å². The van der Waals surface area contributed by atoms with Crippen molar-refractivity contribution in [1.29, 1.82) is 0 Å². The Hall–Kier alpha value is -2.53. The van der Waals surface area contributed by atoms with Crippen LogP contribution in [-0.2, 0) is 24.2 Å². The number of aryl methyl sites for hydroxylation is 1. The molecule has 1 atom stereocenters. The molecule has 1 fully saturated rings. The quantitative estimate of drug-likeness (QED) is 0.846. The molecule has 0 saturated carbocycles. The van der Waals surface area contributed by atoms with Crippen LogP contribution in [0.1, 0.15) is 39.9 Å². The number of hydrogen-bond donors (Lipinski definition) is 1. The van der Waals surface area contributed by atoms with Crippen LogP contribution in [0.3, 0.4) is 0 Å². The number of nitrogens with zero attached hydrogens (tertiary/aromatic N) is 1. The van der Waals surface area contributed by atoms with Crippen LogP contribution in [0.5, 0.6) is 0 Å². The van der Waals surface area contributed by atoms with Gasteiger partial charge in [-0.15, -0.1) is 0 Å². The predicted octanol–water partition coefficient (Wildman–Crippen LogP) is 2.91. The number of carbonyl (C=O) groups is 2. The zero-order valence-electron chi connectivity index (χ0n) is 15.1. The molecular formula is C22H22FNO3. The molecule has 2 aromatic carbocycles. The third kappa shape index (κ3) is 3.28. The molecule has 27 heavy (non-hydrogen) atoms. The standard InChI is InChI=1S/C22H22FNO3/c23-19-3-1-2-15(10-19)13-24-9-8-22(21(24)27)7-6-16-4-5-17(20(26)14-25)11-18(16)12-22/h1-5,10-11,25H,6-9,12-14H2/t22-/m1/s1. The summed E-state index contributed by atoms with van der Waals surface area (Å²) in [5.74, 6) is -0.472. The fourth-order valence-electron chi connectivity index (χ4n) is 4.42. The maximum Gasteiger partial charge on any atom is 0.229 e. The van der Waals surface area contributed by atoms with Crippen LogP contribution in [-0.4, -0.2) is 34.8 Å². The molecule has 1 spiro atoms. The number of benzene rings is 2. The van der Waals surface area contributed by atoms with Crippen LogP contribution in [0.4, 0.5) is 4.39 Å². The summed E-state index contributed by atoms with van der Waals surface area (Å²) in [4.78, 5) is 26.8. The van der Waals surface area contributed by atoms with Crippen LogP contribution in [0.2, 0.25) is 0 Å². The predicted molar refractivity (Wildman–Crippen MR) is 98.8 cm³/mol. The van der Waals surface area contributed by atoms with Gasteiger partial charge >= 0.3 is 0 Å². The Morgan fingerprint density at radius 2 is 2.00 bits per heavy atom. The molecule has 0 aromatic heterocycles. The Labute approximate surface area is 157 Å². The number of hydrogen-bond acceptors (Lipinski definition) is 3. The topological polar surface area (TPSA) is 57.6 Å². The lowest BCUT2D eigenvalue weighted by molar-refractivity contribution is -0.137. The lowest BCUT2D eigenvalue weighted by Gasteiger charge is -2.33. The van der Waals surface area contributed by atoms with Crippen molar-refractivity contribution in [3.8, 4) is 0 Å². The minimum absolute atomic E-state index is 0.122. The number of ketones is 1. The van der Waals surface area contributed by atoms with Gasteiger partial charge in [0, 0.05) is 18.7 Å². The molecule has 2 aromatic rings. The highest BCUT2D eigenvalue weighted by atomic mass is 19.1. The zero-order chi connectivity index (χ0) is 19.0. The highest BCUT2D eigenvalue weighted by Crippen LogP contribution is 2.44. The molecule has 1 heterocycles. The number of amides is 1. The van der Waals surface area contributed by atoms with Crippen LogP contribution >= 0.6 is 0 Å². The Kier molecular flexibility index (Phi) is 4.56. The number of halogens is 1. The van der Waals surface area contributed by atoms with E-state index < -0.39 is 12.0 Å². The highest BCUT2D eigenvalue weighted by Gasteiger charge is 2.48. The van der Waals surface area contributed by atoms with Gasteiger partial charge in [0.2, 0.25) is 5.91 Å². The van der Waals surface area contributed by atoms with Gasteiger partial charge in [-0.25, -0.2) is 4.39 Å². The van der Waals surface area contributed by atoms with Crippen molar-refractivity contribution in [1.82, 2.24) is 4.90 Å². The number of fused-ring (bicyclic) bond motifs is 1. The van der Waals surface area contributed by atoms with E-state index in [0.29, 0.717) is 25.1 Å². The van der Waals surface area contributed by atoms with Crippen LogP contribution in [0.15, 0.2) is 42.5 Å². The highest BCUT2D eigenvalue weighted by molar-refractivity contribution is 5.97. The average molecular weight is 367 g/mol. The molecular weight excluding hydrogens is 345 g/mol. The number of rotatable bonds is 4. The lowest BCUT2D eigenvalue weighted by atomic mass is 9.70. The maximum atomic E-state index is 13.4. The van der Waals surface area contributed by atoms with Crippen LogP contribution in [0.25, 0.3) is 0 Å². The molecule has 4 rings (SSSR count). The Balaban J connectivity index is 1.55. The summed E-state index contributed by atoms with van der Waals surface area (Å²) >= 11 is 0. The monoisotopic (exact) mass is 367 g/mol. The molecule has 1 amide bonds. The van der Waals surface area contributed by atoms with Crippen LogP contribution < -0.4 is 0 Å². The van der Waals surface area contributed by atoms with Gasteiger partial charge in [0.1, 0.15) is 12.4 Å². The third-order valence-corrected chi connectivity index (χ3v) is 5.94. The molecule has 1 saturated heterocycles.